The van der Waals surface area contributed by atoms with Crippen molar-refractivity contribution < 1.29 is 57.9 Å². The van der Waals surface area contributed by atoms with Gasteiger partial charge in [-0.25, -0.2) is 9.45 Å². The molecule has 2 unspecified atom stereocenters. The Morgan fingerprint density at radius 3 is 2.38 bits per heavy atom. The second kappa shape index (κ2) is 10.4. The molecule has 1 saturated heterocycles. The maximum absolute atomic E-state index is 11.8. The van der Waals surface area contributed by atoms with Crippen molar-refractivity contribution in [3.05, 3.63) is 0 Å². The Bertz CT molecular complexity index is 460. The van der Waals surface area contributed by atoms with Crippen molar-refractivity contribution in [3.63, 3.8) is 0 Å². The van der Waals surface area contributed by atoms with Crippen LogP contribution in [0.1, 0.15) is 0 Å². The van der Waals surface area contributed by atoms with E-state index in [2.05, 4.69) is 4.89 Å². The molecule has 0 spiro atoms. The van der Waals surface area contributed by atoms with Crippen molar-refractivity contribution >= 4 is 7.82 Å². The first-order chi connectivity index (χ1) is 11.9. The first kappa shape index (κ1) is 23.8. The molecule has 5 N–H and O–H groups in total. The number of hydrogen-bond acceptors (Lipinski definition) is 10. The fourth-order valence-corrected chi connectivity index (χ4v) is 2.62. The highest BCUT2D eigenvalue weighted by atomic mass is 31.2. The Labute approximate surface area is 151 Å². The topological polar surface area (TPSA) is 164 Å². The van der Waals surface area contributed by atoms with Gasteiger partial charge in [-0.3, -0.25) is 14.3 Å². The molecular weight excluding hydrogens is 377 g/mol. The van der Waals surface area contributed by atoms with Crippen molar-refractivity contribution in [2.24, 2.45) is 0 Å². The molecule has 0 aromatic heterocycles. The third-order valence-corrected chi connectivity index (χ3v) is 4.47. The normalized spacial score (nSPS) is 30.8. The molecule has 6 atom stereocenters. The lowest BCUT2D eigenvalue weighted by Gasteiger charge is -2.35. The van der Waals surface area contributed by atoms with Gasteiger partial charge in [0.1, 0.15) is 37.6 Å². The molecule has 13 heteroatoms. The Morgan fingerprint density at radius 2 is 1.81 bits per heavy atom. The number of nitrogens with zero attached hydrogens (tertiary/aromatic N) is 1. The molecule has 1 heterocycles. The zero-order valence-electron chi connectivity index (χ0n) is 15.0. The van der Waals surface area contributed by atoms with E-state index in [-0.39, 0.29) is 19.8 Å². The number of hydrogen-bond donors (Lipinski definition) is 5. The Morgan fingerprint density at radius 1 is 1.15 bits per heavy atom. The number of aliphatic hydroxyl groups excluding tert-OH is 3. The highest BCUT2D eigenvalue weighted by Crippen LogP contribution is 2.43. The smallest absolute Gasteiger partial charge is 0.388 e. The van der Waals surface area contributed by atoms with Crippen LogP contribution in [-0.4, -0.2) is 115 Å². The SMILES string of the molecule is C[N+](C)(C)CCOP(=O)(O)OC[C@@H](COC1OC[C@@H](O)[C@H](O)[C@H]1O)OO. The predicted octanol–water partition coefficient (Wildman–Crippen LogP) is -1.86. The van der Waals surface area contributed by atoms with Crippen LogP contribution in [0.3, 0.4) is 0 Å². The van der Waals surface area contributed by atoms with Gasteiger partial charge < -0.3 is 34.2 Å². The van der Waals surface area contributed by atoms with Crippen LogP contribution in [0.5, 0.6) is 0 Å². The number of aliphatic hydroxyl groups is 3. The lowest BCUT2D eigenvalue weighted by molar-refractivity contribution is -0.870. The van der Waals surface area contributed by atoms with Crippen LogP contribution < -0.4 is 0 Å². The first-order valence-corrected chi connectivity index (χ1v) is 9.44. The maximum Gasteiger partial charge on any atom is 0.472 e. The standard InChI is InChI=1S/C13H28NO11P/c1-14(2,3)4-5-23-26(19,20)24-7-9(25-18)6-21-13-12(17)11(16)10(15)8-22-13/h9-13,15-17H,4-8H2,1-3H3,(H-,18,19,20)/p+1/t9-,10-,11+,12-,13?/m1/s1. The molecule has 0 saturated carbocycles. The van der Waals surface area contributed by atoms with E-state index in [1.165, 1.54) is 0 Å². The van der Waals surface area contributed by atoms with Crippen LogP contribution in [0, 0.1) is 0 Å². The van der Waals surface area contributed by atoms with Crippen molar-refractivity contribution in [1.29, 1.82) is 0 Å². The summed E-state index contributed by atoms with van der Waals surface area (Å²) >= 11 is 0. The molecule has 0 aromatic carbocycles. The van der Waals surface area contributed by atoms with E-state index >= 15 is 0 Å². The Hall–Kier alpha value is -0.210. The quantitative estimate of drug-likeness (QED) is 0.113. The summed E-state index contributed by atoms with van der Waals surface area (Å²) in [5.41, 5.74) is 0. The van der Waals surface area contributed by atoms with Crippen molar-refractivity contribution in [2.75, 3.05) is 54.1 Å². The number of quaternary nitrogens is 1. The number of phosphoric acid groups is 1. The van der Waals surface area contributed by atoms with Gasteiger partial charge in [-0.05, 0) is 0 Å². The Kier molecular flexibility index (Phi) is 9.50. The van der Waals surface area contributed by atoms with Gasteiger partial charge in [0.05, 0.1) is 41.0 Å². The minimum absolute atomic E-state index is 0.0131. The number of likely N-dealkylation sites (N-methyl/N-ethyl adjacent to an activating group) is 1. The summed E-state index contributed by atoms with van der Waals surface area (Å²) in [6.07, 6.45) is -6.67. The Balaban J connectivity index is 2.36. The van der Waals surface area contributed by atoms with E-state index in [1.54, 1.807) is 0 Å². The van der Waals surface area contributed by atoms with E-state index in [9.17, 15) is 24.8 Å². The lowest BCUT2D eigenvalue weighted by Crippen LogP contribution is -2.54. The third-order valence-electron chi connectivity index (χ3n) is 3.49. The van der Waals surface area contributed by atoms with Crippen LogP contribution in [0.2, 0.25) is 0 Å². The predicted molar refractivity (Wildman–Crippen MR) is 85.8 cm³/mol. The molecule has 26 heavy (non-hydrogen) atoms. The molecule has 0 aromatic rings. The average Bonchev–Trinajstić information content (AvgIpc) is 2.53. The van der Waals surface area contributed by atoms with Crippen molar-refractivity contribution in [2.45, 2.75) is 30.7 Å². The molecule has 0 bridgehead atoms. The summed E-state index contributed by atoms with van der Waals surface area (Å²) in [4.78, 5) is 13.7. The first-order valence-electron chi connectivity index (χ1n) is 7.95. The summed E-state index contributed by atoms with van der Waals surface area (Å²) in [5, 5.41) is 37.4. The van der Waals surface area contributed by atoms with E-state index in [0.29, 0.717) is 11.0 Å². The lowest BCUT2D eigenvalue weighted by atomic mass is 10.1. The van der Waals surface area contributed by atoms with Crippen LogP contribution in [0.25, 0.3) is 0 Å². The minimum atomic E-state index is -4.34. The second-order valence-corrected chi connectivity index (χ2v) is 8.38. The highest BCUT2D eigenvalue weighted by Gasteiger charge is 2.38. The average molecular weight is 406 g/mol. The van der Waals surface area contributed by atoms with Crippen LogP contribution in [-0.2, 0) is 28.0 Å². The van der Waals surface area contributed by atoms with Gasteiger partial charge in [-0.15, -0.1) is 0 Å². The molecule has 1 aliphatic rings. The summed E-state index contributed by atoms with van der Waals surface area (Å²) in [6.45, 7) is -0.721. The minimum Gasteiger partial charge on any atom is -0.388 e. The summed E-state index contributed by atoms with van der Waals surface area (Å²) in [5.74, 6) is 0. The molecule has 1 fully saturated rings. The number of ether oxygens (including phenoxy) is 2. The van der Waals surface area contributed by atoms with Crippen LogP contribution in [0.15, 0.2) is 0 Å². The van der Waals surface area contributed by atoms with Gasteiger partial charge >= 0.3 is 7.82 Å². The molecule has 0 aliphatic carbocycles. The van der Waals surface area contributed by atoms with Crippen LogP contribution >= 0.6 is 7.82 Å². The molecule has 156 valence electrons. The van der Waals surface area contributed by atoms with Gasteiger partial charge in [-0.2, -0.15) is 0 Å². The molecule has 12 nitrogen and oxygen atoms in total. The monoisotopic (exact) mass is 406 g/mol. The van der Waals surface area contributed by atoms with Gasteiger partial charge in [-0.1, -0.05) is 0 Å². The molecule has 0 radical (unpaired) electrons. The largest absolute Gasteiger partial charge is 0.472 e. The van der Waals surface area contributed by atoms with Gasteiger partial charge in [0, 0.05) is 0 Å². The second-order valence-electron chi connectivity index (χ2n) is 6.92. The summed E-state index contributed by atoms with van der Waals surface area (Å²) < 4.78 is 32.0. The molecule has 1 aliphatic heterocycles. The summed E-state index contributed by atoms with van der Waals surface area (Å²) in [7, 11) is 1.32. The van der Waals surface area contributed by atoms with Crippen molar-refractivity contribution in [3.8, 4) is 0 Å². The van der Waals surface area contributed by atoms with Crippen molar-refractivity contribution in [1.82, 2.24) is 0 Å². The number of rotatable bonds is 11. The van der Waals surface area contributed by atoms with Gasteiger partial charge in [0.2, 0.25) is 0 Å². The zero-order valence-corrected chi connectivity index (χ0v) is 15.9. The summed E-state index contributed by atoms with van der Waals surface area (Å²) in [6, 6.07) is 0. The van der Waals surface area contributed by atoms with E-state index in [1.807, 2.05) is 21.1 Å². The highest BCUT2D eigenvalue weighted by molar-refractivity contribution is 7.47. The van der Waals surface area contributed by atoms with Gasteiger partial charge in [0.15, 0.2) is 6.29 Å². The zero-order chi connectivity index (χ0) is 20.0. The maximum atomic E-state index is 11.8. The fraction of sp³-hybridized carbons (Fsp3) is 1.00. The third kappa shape index (κ3) is 8.65. The molecular formula is C13H29NO11P+. The van der Waals surface area contributed by atoms with E-state index in [4.69, 9.17) is 23.8 Å². The van der Waals surface area contributed by atoms with E-state index < -0.39 is 45.1 Å². The molecule has 1 rings (SSSR count). The van der Waals surface area contributed by atoms with Crippen LogP contribution in [0.4, 0.5) is 0 Å². The van der Waals surface area contributed by atoms with E-state index in [0.717, 1.165) is 0 Å². The van der Waals surface area contributed by atoms with Gasteiger partial charge in [0.25, 0.3) is 0 Å². The number of phosphoric ester groups is 1. The molecule has 0 amide bonds. The fourth-order valence-electron chi connectivity index (χ4n) is 1.88.